The van der Waals surface area contributed by atoms with E-state index in [0.717, 1.165) is 0 Å². The number of halogens is 1. The van der Waals surface area contributed by atoms with Gasteiger partial charge in [0.2, 0.25) is 5.96 Å². The summed E-state index contributed by atoms with van der Waals surface area (Å²) in [5.41, 5.74) is 1.08. The van der Waals surface area contributed by atoms with Gasteiger partial charge in [-0.2, -0.15) is 0 Å². The Kier molecular flexibility index (Phi) is 3.46. The predicted molar refractivity (Wildman–Crippen MR) is 91.7 cm³/mol. The summed E-state index contributed by atoms with van der Waals surface area (Å²) in [5, 5.41) is 1.13. The van der Waals surface area contributed by atoms with E-state index in [2.05, 4.69) is 15.0 Å². The molecule has 0 aliphatic carbocycles. The minimum absolute atomic E-state index is 0.211. The zero-order valence-electron chi connectivity index (χ0n) is 12.2. The van der Waals surface area contributed by atoms with Crippen molar-refractivity contribution in [3.8, 4) is 0 Å². The first-order valence-electron chi connectivity index (χ1n) is 7.02. The number of hydrogen-bond acceptors (Lipinski definition) is 6. The maximum Gasteiger partial charge on any atom is 0.270 e. The number of amides is 1. The molecule has 0 atom stereocenters. The number of benzene rings is 1. The van der Waals surface area contributed by atoms with Crippen LogP contribution in [-0.2, 0) is 0 Å². The van der Waals surface area contributed by atoms with Gasteiger partial charge < -0.3 is 0 Å². The van der Waals surface area contributed by atoms with Gasteiger partial charge in [-0.25, -0.2) is 14.9 Å². The second kappa shape index (κ2) is 5.50. The maximum atomic E-state index is 13.0. The molecule has 0 bridgehead atoms. The molecule has 4 rings (SSSR count). The van der Waals surface area contributed by atoms with Crippen molar-refractivity contribution in [2.45, 2.75) is 5.16 Å². The molecule has 0 N–H and O–H groups in total. The van der Waals surface area contributed by atoms with Gasteiger partial charge in [0.1, 0.15) is 5.56 Å². The van der Waals surface area contributed by atoms with Crippen molar-refractivity contribution in [2.24, 2.45) is 4.99 Å². The highest BCUT2D eigenvalue weighted by atomic mass is 35.5. The first kappa shape index (κ1) is 14.5. The molecule has 1 aromatic carbocycles. The Balaban J connectivity index is 1.90. The first-order chi connectivity index (χ1) is 11.2. The van der Waals surface area contributed by atoms with Crippen LogP contribution in [0.3, 0.4) is 0 Å². The third-order valence-electron chi connectivity index (χ3n) is 3.73. The summed E-state index contributed by atoms with van der Waals surface area (Å²) >= 11 is 7.73. The lowest BCUT2D eigenvalue weighted by Gasteiger charge is -2.34. The van der Waals surface area contributed by atoms with Gasteiger partial charge in [-0.1, -0.05) is 35.5 Å². The summed E-state index contributed by atoms with van der Waals surface area (Å²) in [5.74, 6) is 0.980. The molecule has 2 aromatic rings. The molecule has 2 aliphatic heterocycles. The Bertz CT molecular complexity index is 840. The van der Waals surface area contributed by atoms with Crippen LogP contribution in [0.25, 0.3) is 0 Å². The minimum atomic E-state index is -0.211. The van der Waals surface area contributed by atoms with Gasteiger partial charge in [-0.3, -0.25) is 14.7 Å². The van der Waals surface area contributed by atoms with Crippen LogP contribution in [0.15, 0.2) is 40.6 Å². The Hall–Kier alpha value is -2.12. The largest absolute Gasteiger partial charge is 0.294 e. The molecule has 1 aromatic heterocycles. The second-order valence-corrected chi connectivity index (χ2v) is 6.20. The smallest absolute Gasteiger partial charge is 0.270 e. The maximum absolute atomic E-state index is 13.0. The van der Waals surface area contributed by atoms with Crippen LogP contribution in [0.2, 0.25) is 5.02 Å². The molecule has 3 heterocycles. The average Bonchev–Trinajstić information content (AvgIpc) is 3.05. The normalized spacial score (nSPS) is 16.3. The lowest BCUT2D eigenvalue weighted by molar-refractivity contribution is 0.0999. The fourth-order valence-electron chi connectivity index (χ4n) is 2.70. The number of aromatic nitrogens is 2. The number of carbonyl (C=O) groups is 1. The summed E-state index contributed by atoms with van der Waals surface area (Å²) < 4.78 is 0. The first-order valence-corrected chi connectivity index (χ1v) is 8.63. The molecule has 0 saturated heterocycles. The highest BCUT2D eigenvalue weighted by Gasteiger charge is 2.40. The standard InChI is InChI=1S/C15H12ClN5OS/c1-23-14-18-8-9-12(19-14)20-7-6-17-15(20)21(13(9)22)11-5-3-2-4-10(11)16/h2-5,8H,6-7H2,1H3. The van der Waals surface area contributed by atoms with Gasteiger partial charge in [-0.15, -0.1) is 0 Å². The van der Waals surface area contributed by atoms with Crippen LogP contribution in [0, 0.1) is 0 Å². The number of anilines is 2. The Morgan fingerprint density at radius 1 is 1.30 bits per heavy atom. The number of thioether (sulfide) groups is 1. The summed E-state index contributed by atoms with van der Waals surface area (Å²) in [4.78, 5) is 29.7. The SMILES string of the molecule is CSc1ncc2c(n1)N1CCN=C1N(c1ccccc1Cl)C2=O. The molecule has 0 radical (unpaired) electrons. The highest BCUT2D eigenvalue weighted by molar-refractivity contribution is 7.98. The number of aliphatic imine (C=N–C) groups is 1. The lowest BCUT2D eigenvalue weighted by atomic mass is 10.1. The van der Waals surface area contributed by atoms with Gasteiger partial charge in [0.15, 0.2) is 11.0 Å². The van der Waals surface area contributed by atoms with Crippen LogP contribution >= 0.6 is 23.4 Å². The second-order valence-electron chi connectivity index (χ2n) is 5.02. The molecule has 0 saturated carbocycles. The van der Waals surface area contributed by atoms with Crippen LogP contribution in [0.1, 0.15) is 10.4 Å². The van der Waals surface area contributed by atoms with Gasteiger partial charge in [0.25, 0.3) is 5.91 Å². The Morgan fingerprint density at radius 2 is 2.13 bits per heavy atom. The molecular formula is C15H12ClN5OS. The monoisotopic (exact) mass is 345 g/mol. The third-order valence-corrected chi connectivity index (χ3v) is 4.61. The average molecular weight is 346 g/mol. The molecule has 0 spiro atoms. The van der Waals surface area contributed by atoms with E-state index in [1.807, 2.05) is 23.3 Å². The van der Waals surface area contributed by atoms with Crippen LogP contribution < -0.4 is 9.80 Å². The van der Waals surface area contributed by atoms with Crippen molar-refractivity contribution in [3.63, 3.8) is 0 Å². The fourth-order valence-corrected chi connectivity index (χ4v) is 3.26. The summed E-state index contributed by atoms with van der Waals surface area (Å²) in [7, 11) is 0. The zero-order chi connectivity index (χ0) is 16.0. The molecular weight excluding hydrogens is 334 g/mol. The van der Waals surface area contributed by atoms with Crippen molar-refractivity contribution >= 4 is 46.7 Å². The van der Waals surface area contributed by atoms with E-state index < -0.39 is 0 Å². The Morgan fingerprint density at radius 3 is 2.91 bits per heavy atom. The van der Waals surface area contributed by atoms with Crippen molar-refractivity contribution in [3.05, 3.63) is 41.0 Å². The third kappa shape index (κ3) is 2.19. The van der Waals surface area contributed by atoms with Crippen LogP contribution in [0.5, 0.6) is 0 Å². The quantitative estimate of drug-likeness (QED) is 0.618. The van der Waals surface area contributed by atoms with Gasteiger partial charge in [0, 0.05) is 12.7 Å². The van der Waals surface area contributed by atoms with E-state index in [1.165, 1.54) is 11.8 Å². The van der Waals surface area contributed by atoms with E-state index in [9.17, 15) is 4.79 Å². The number of rotatable bonds is 2. The van der Waals surface area contributed by atoms with E-state index in [1.54, 1.807) is 23.2 Å². The zero-order valence-corrected chi connectivity index (χ0v) is 13.8. The van der Waals surface area contributed by atoms with E-state index >= 15 is 0 Å². The highest BCUT2D eigenvalue weighted by Crippen LogP contribution is 2.35. The number of hydrogen-bond donors (Lipinski definition) is 0. The molecule has 8 heteroatoms. The number of para-hydroxylation sites is 1. The van der Waals surface area contributed by atoms with Gasteiger partial charge in [-0.05, 0) is 18.4 Å². The van der Waals surface area contributed by atoms with E-state index in [4.69, 9.17) is 11.6 Å². The number of nitrogens with zero attached hydrogens (tertiary/aromatic N) is 5. The van der Waals surface area contributed by atoms with Gasteiger partial charge >= 0.3 is 0 Å². The van der Waals surface area contributed by atoms with Gasteiger partial charge in [0.05, 0.1) is 17.3 Å². The topological polar surface area (TPSA) is 61.7 Å². The predicted octanol–water partition coefficient (Wildman–Crippen LogP) is 2.69. The number of guanidine groups is 1. The molecule has 2 aliphatic rings. The van der Waals surface area contributed by atoms with Crippen LogP contribution in [0.4, 0.5) is 11.5 Å². The van der Waals surface area contributed by atoms with Crippen molar-refractivity contribution < 1.29 is 4.79 Å². The van der Waals surface area contributed by atoms with E-state index in [-0.39, 0.29) is 5.91 Å². The summed E-state index contributed by atoms with van der Waals surface area (Å²) in [6.07, 6.45) is 3.48. The van der Waals surface area contributed by atoms with E-state index in [0.29, 0.717) is 46.3 Å². The summed E-state index contributed by atoms with van der Waals surface area (Å²) in [6.45, 7) is 1.29. The lowest BCUT2D eigenvalue weighted by Crippen LogP contribution is -2.51. The molecule has 23 heavy (non-hydrogen) atoms. The fraction of sp³-hybridized carbons (Fsp3) is 0.200. The Labute approximate surface area is 142 Å². The number of fused-ring (bicyclic) bond motifs is 3. The molecule has 0 unspecified atom stereocenters. The minimum Gasteiger partial charge on any atom is -0.294 e. The summed E-state index contributed by atoms with van der Waals surface area (Å²) in [6, 6.07) is 7.24. The van der Waals surface area contributed by atoms with Crippen molar-refractivity contribution in [1.29, 1.82) is 0 Å². The number of carbonyl (C=O) groups excluding carboxylic acids is 1. The molecule has 0 fully saturated rings. The van der Waals surface area contributed by atoms with Crippen molar-refractivity contribution in [1.82, 2.24) is 9.97 Å². The van der Waals surface area contributed by atoms with Crippen molar-refractivity contribution in [2.75, 3.05) is 29.1 Å². The molecule has 116 valence electrons. The molecule has 6 nitrogen and oxygen atoms in total. The van der Waals surface area contributed by atoms with Crippen LogP contribution in [-0.4, -0.2) is 41.2 Å². The molecule has 1 amide bonds.